The summed E-state index contributed by atoms with van der Waals surface area (Å²) >= 11 is 7.72. The molecule has 0 fully saturated rings. The van der Waals surface area contributed by atoms with Crippen molar-refractivity contribution in [2.45, 2.75) is 10.1 Å². The average molecular weight is 412 g/mol. The highest BCUT2D eigenvalue weighted by molar-refractivity contribution is 9.11. The van der Waals surface area contributed by atoms with Crippen LogP contribution in [0.25, 0.3) is 0 Å². The largest absolute Gasteiger partial charge is 0.296 e. The van der Waals surface area contributed by atoms with Crippen molar-refractivity contribution in [1.82, 2.24) is 10.2 Å². The van der Waals surface area contributed by atoms with Gasteiger partial charge in [-0.05, 0) is 33.6 Å². The van der Waals surface area contributed by atoms with Crippen molar-refractivity contribution in [3.63, 3.8) is 0 Å². The van der Waals surface area contributed by atoms with Gasteiger partial charge in [-0.15, -0.1) is 21.5 Å². The molecule has 0 saturated carbocycles. The van der Waals surface area contributed by atoms with Crippen LogP contribution in [0.1, 0.15) is 15.2 Å². The van der Waals surface area contributed by atoms with Crippen LogP contribution in [-0.2, 0) is 5.75 Å². The summed E-state index contributed by atoms with van der Waals surface area (Å²) < 4.78 is 1.76. The number of amides is 1. The Kier molecular flexibility index (Phi) is 5.24. The first kappa shape index (κ1) is 15.7. The maximum atomic E-state index is 12.0. The third-order valence-electron chi connectivity index (χ3n) is 2.63. The van der Waals surface area contributed by atoms with Gasteiger partial charge in [0.25, 0.3) is 5.91 Å². The van der Waals surface area contributed by atoms with Gasteiger partial charge < -0.3 is 0 Å². The molecule has 0 radical (unpaired) electrons. The second-order valence-corrected chi connectivity index (χ2v) is 8.87. The monoisotopic (exact) mass is 411 g/mol. The third kappa shape index (κ3) is 4.16. The van der Waals surface area contributed by atoms with E-state index in [1.807, 2.05) is 24.3 Å². The van der Waals surface area contributed by atoms with Crippen LogP contribution in [0.2, 0.25) is 0 Å². The minimum Gasteiger partial charge on any atom is -0.296 e. The van der Waals surface area contributed by atoms with Crippen molar-refractivity contribution in [3.8, 4) is 0 Å². The molecule has 0 bridgehead atoms. The zero-order valence-corrected chi connectivity index (χ0v) is 15.2. The number of hydrogen-bond acceptors (Lipinski definition) is 6. The lowest BCUT2D eigenvalue weighted by molar-refractivity contribution is 0.103. The predicted molar refractivity (Wildman–Crippen MR) is 95.9 cm³/mol. The van der Waals surface area contributed by atoms with Gasteiger partial charge in [0.15, 0.2) is 4.34 Å². The van der Waals surface area contributed by atoms with E-state index in [4.69, 9.17) is 0 Å². The SMILES string of the molecule is O=C(Nc1nnc(SCc2ccccc2)s1)c1ccc(Br)s1. The van der Waals surface area contributed by atoms with Gasteiger partial charge >= 0.3 is 0 Å². The Morgan fingerprint density at radius 1 is 1.14 bits per heavy atom. The second kappa shape index (κ2) is 7.36. The lowest BCUT2D eigenvalue weighted by Crippen LogP contribution is -2.09. The Labute approximate surface area is 148 Å². The van der Waals surface area contributed by atoms with E-state index in [1.165, 1.54) is 28.2 Å². The van der Waals surface area contributed by atoms with E-state index in [0.29, 0.717) is 10.0 Å². The number of thioether (sulfide) groups is 1. The molecule has 0 aliphatic rings. The van der Waals surface area contributed by atoms with Crippen LogP contribution in [-0.4, -0.2) is 16.1 Å². The Morgan fingerprint density at radius 2 is 1.95 bits per heavy atom. The van der Waals surface area contributed by atoms with Crippen molar-refractivity contribution in [2.75, 3.05) is 5.32 Å². The maximum Gasteiger partial charge on any atom is 0.267 e. The molecule has 0 spiro atoms. The topological polar surface area (TPSA) is 54.9 Å². The van der Waals surface area contributed by atoms with Gasteiger partial charge in [0.1, 0.15) is 0 Å². The van der Waals surface area contributed by atoms with Crippen molar-refractivity contribution >= 4 is 61.4 Å². The van der Waals surface area contributed by atoms with Gasteiger partial charge in [-0.25, -0.2) is 0 Å². The second-order valence-electron chi connectivity index (χ2n) is 4.21. The smallest absolute Gasteiger partial charge is 0.267 e. The van der Waals surface area contributed by atoms with Crippen LogP contribution in [0.4, 0.5) is 5.13 Å². The maximum absolute atomic E-state index is 12.0. The highest BCUT2D eigenvalue weighted by Gasteiger charge is 2.12. The van der Waals surface area contributed by atoms with E-state index >= 15 is 0 Å². The van der Waals surface area contributed by atoms with Gasteiger partial charge in [-0.3, -0.25) is 10.1 Å². The molecule has 8 heteroatoms. The number of carbonyl (C=O) groups is 1. The summed E-state index contributed by atoms with van der Waals surface area (Å²) in [5.41, 5.74) is 1.23. The molecule has 22 heavy (non-hydrogen) atoms. The standard InChI is InChI=1S/C14H10BrN3OS3/c15-11-7-6-10(21-11)12(19)16-13-17-18-14(22-13)20-8-9-4-2-1-3-5-9/h1-7H,8H2,(H,16,17,19). The molecule has 0 atom stereocenters. The summed E-state index contributed by atoms with van der Waals surface area (Å²) in [6.45, 7) is 0. The van der Waals surface area contributed by atoms with Gasteiger partial charge in [0, 0.05) is 5.75 Å². The lowest BCUT2D eigenvalue weighted by Gasteiger charge is -1.97. The van der Waals surface area contributed by atoms with E-state index < -0.39 is 0 Å². The van der Waals surface area contributed by atoms with Crippen molar-refractivity contribution in [1.29, 1.82) is 0 Å². The minimum atomic E-state index is -0.161. The molecule has 0 aliphatic heterocycles. The van der Waals surface area contributed by atoms with Crippen LogP contribution in [0.15, 0.2) is 50.6 Å². The third-order valence-corrected chi connectivity index (χ3v) is 6.29. The first-order valence-electron chi connectivity index (χ1n) is 6.27. The Hall–Kier alpha value is -1.22. The van der Waals surface area contributed by atoms with Gasteiger partial charge in [0.05, 0.1) is 8.66 Å². The molecule has 112 valence electrons. The molecule has 1 aromatic carbocycles. The molecule has 1 amide bonds. The predicted octanol–water partition coefficient (Wildman–Crippen LogP) is 4.91. The van der Waals surface area contributed by atoms with E-state index in [2.05, 4.69) is 43.6 Å². The molecule has 1 N–H and O–H groups in total. The Balaban J connectivity index is 1.58. The summed E-state index contributed by atoms with van der Waals surface area (Å²) in [4.78, 5) is 12.7. The normalized spacial score (nSPS) is 10.6. The minimum absolute atomic E-state index is 0.161. The van der Waals surface area contributed by atoms with E-state index in [-0.39, 0.29) is 5.91 Å². The molecule has 3 rings (SSSR count). The fourth-order valence-corrected chi connectivity index (χ4v) is 4.62. The molecule has 0 saturated heterocycles. The molecule has 2 aromatic heterocycles. The molecular weight excluding hydrogens is 402 g/mol. The molecular formula is C14H10BrN3OS3. The Bertz CT molecular complexity index is 773. The number of nitrogens with one attached hydrogen (secondary N) is 1. The number of nitrogens with zero attached hydrogens (tertiary/aromatic N) is 2. The Morgan fingerprint density at radius 3 is 2.68 bits per heavy atom. The van der Waals surface area contributed by atoms with E-state index in [9.17, 15) is 4.79 Å². The number of halogens is 1. The summed E-state index contributed by atoms with van der Waals surface area (Å²) in [6, 6.07) is 13.8. The zero-order valence-electron chi connectivity index (χ0n) is 11.2. The number of thiophene rings is 1. The van der Waals surface area contributed by atoms with Crippen molar-refractivity contribution in [2.24, 2.45) is 0 Å². The van der Waals surface area contributed by atoms with Crippen LogP contribution >= 0.6 is 50.4 Å². The van der Waals surface area contributed by atoms with Crippen LogP contribution in [0.3, 0.4) is 0 Å². The van der Waals surface area contributed by atoms with Gasteiger partial charge in [0.2, 0.25) is 5.13 Å². The van der Waals surface area contributed by atoms with Crippen LogP contribution in [0.5, 0.6) is 0 Å². The fourth-order valence-electron chi connectivity index (χ4n) is 1.63. The van der Waals surface area contributed by atoms with E-state index in [0.717, 1.165) is 13.9 Å². The highest BCUT2D eigenvalue weighted by atomic mass is 79.9. The molecule has 0 unspecified atom stereocenters. The number of anilines is 1. The zero-order chi connectivity index (χ0) is 15.4. The van der Waals surface area contributed by atoms with Crippen molar-refractivity contribution < 1.29 is 4.79 Å². The lowest BCUT2D eigenvalue weighted by atomic mass is 10.2. The van der Waals surface area contributed by atoms with Gasteiger partial charge in [-0.1, -0.05) is 53.4 Å². The quantitative estimate of drug-likeness (QED) is 0.478. The summed E-state index contributed by atoms with van der Waals surface area (Å²) in [7, 11) is 0. The summed E-state index contributed by atoms with van der Waals surface area (Å²) in [6.07, 6.45) is 0. The summed E-state index contributed by atoms with van der Waals surface area (Å²) in [5.74, 6) is 0.674. The molecule has 3 aromatic rings. The highest BCUT2D eigenvalue weighted by Crippen LogP contribution is 2.29. The van der Waals surface area contributed by atoms with E-state index in [1.54, 1.807) is 17.8 Å². The summed E-state index contributed by atoms with van der Waals surface area (Å²) in [5, 5.41) is 11.4. The average Bonchev–Trinajstić information content (AvgIpc) is 3.15. The molecule has 2 heterocycles. The molecule has 0 aliphatic carbocycles. The fraction of sp³-hybridized carbons (Fsp3) is 0.0714. The first-order chi connectivity index (χ1) is 10.7. The number of hydrogen-bond donors (Lipinski definition) is 1. The molecule has 4 nitrogen and oxygen atoms in total. The first-order valence-corrected chi connectivity index (χ1v) is 9.69. The number of benzene rings is 1. The van der Waals surface area contributed by atoms with Crippen molar-refractivity contribution in [3.05, 3.63) is 56.7 Å². The van der Waals surface area contributed by atoms with Gasteiger partial charge in [-0.2, -0.15) is 0 Å². The van der Waals surface area contributed by atoms with Crippen LogP contribution in [0, 0.1) is 0 Å². The number of aromatic nitrogens is 2. The number of carbonyl (C=O) groups excluding carboxylic acids is 1. The van der Waals surface area contributed by atoms with Crippen LogP contribution < -0.4 is 5.32 Å². The number of rotatable bonds is 5.